The summed E-state index contributed by atoms with van der Waals surface area (Å²) >= 11 is 0. The van der Waals surface area contributed by atoms with Gasteiger partial charge in [0.15, 0.2) is 0 Å². The molecule has 1 fully saturated rings. The maximum Gasteiger partial charge on any atom is 0.407 e. The van der Waals surface area contributed by atoms with Crippen molar-refractivity contribution in [1.29, 1.82) is 0 Å². The van der Waals surface area contributed by atoms with Gasteiger partial charge in [-0.2, -0.15) is 0 Å². The summed E-state index contributed by atoms with van der Waals surface area (Å²) in [6, 6.07) is 0. The van der Waals surface area contributed by atoms with E-state index in [-0.39, 0.29) is 17.8 Å². The van der Waals surface area contributed by atoms with E-state index in [9.17, 15) is 14.7 Å². The summed E-state index contributed by atoms with van der Waals surface area (Å²) in [5.41, 5.74) is 0.528. The summed E-state index contributed by atoms with van der Waals surface area (Å²) < 4.78 is 5.28. The standard InChI is InChI=1S/C19H31NO4/c1-12(2)6-13-7-14-9-19(10-16(21)22,15(14)8-13)11-20-17(23)24-18(3,4)5/h8,12,14-15H,6-7,9-11H2,1-5H3,(H,20,23)(H,21,22)/t14-,15+,19+/m1/s1. The number of carbonyl (C=O) groups is 2. The molecule has 0 aromatic carbocycles. The molecule has 0 unspecified atom stereocenters. The number of hydrogen-bond donors (Lipinski definition) is 2. The first-order chi connectivity index (χ1) is 11.0. The Hall–Kier alpha value is -1.52. The van der Waals surface area contributed by atoms with Gasteiger partial charge in [0.2, 0.25) is 0 Å². The molecule has 0 spiro atoms. The van der Waals surface area contributed by atoms with E-state index in [0.717, 1.165) is 19.3 Å². The van der Waals surface area contributed by atoms with Gasteiger partial charge in [-0.25, -0.2) is 4.79 Å². The van der Waals surface area contributed by atoms with Crippen molar-refractivity contribution in [2.45, 2.75) is 65.9 Å². The Kier molecular flexibility index (Phi) is 5.31. The second-order valence-corrected chi connectivity index (χ2v) is 8.91. The molecule has 0 aliphatic heterocycles. The van der Waals surface area contributed by atoms with Crippen LogP contribution in [0.25, 0.3) is 0 Å². The lowest BCUT2D eigenvalue weighted by molar-refractivity contribution is -0.144. The van der Waals surface area contributed by atoms with Crippen LogP contribution in [0.2, 0.25) is 0 Å². The van der Waals surface area contributed by atoms with Crippen molar-refractivity contribution in [2.24, 2.45) is 23.2 Å². The fourth-order valence-corrected chi connectivity index (χ4v) is 4.28. The third-order valence-corrected chi connectivity index (χ3v) is 4.98. The zero-order valence-electron chi connectivity index (χ0n) is 15.5. The molecule has 0 aromatic heterocycles. The SMILES string of the molecule is CC(C)CC1=C[C@H]2[C@H](C1)C[C@@]2(CNC(=O)OC(C)(C)C)CC(=O)O. The Morgan fingerprint density at radius 1 is 1.42 bits per heavy atom. The average molecular weight is 337 g/mol. The van der Waals surface area contributed by atoms with Gasteiger partial charge in [0.05, 0.1) is 6.42 Å². The highest BCUT2D eigenvalue weighted by Crippen LogP contribution is 2.60. The van der Waals surface area contributed by atoms with E-state index in [0.29, 0.717) is 18.4 Å². The quantitative estimate of drug-likeness (QED) is 0.719. The number of hydrogen-bond acceptors (Lipinski definition) is 3. The molecule has 1 saturated carbocycles. The van der Waals surface area contributed by atoms with Crippen molar-refractivity contribution in [3.05, 3.63) is 11.6 Å². The molecule has 3 atom stereocenters. The van der Waals surface area contributed by atoms with E-state index >= 15 is 0 Å². The molecule has 0 heterocycles. The molecule has 2 rings (SSSR count). The van der Waals surface area contributed by atoms with Gasteiger partial charge < -0.3 is 15.2 Å². The van der Waals surface area contributed by atoms with Crippen LogP contribution in [0, 0.1) is 23.2 Å². The Labute approximate surface area is 144 Å². The minimum Gasteiger partial charge on any atom is -0.481 e. The van der Waals surface area contributed by atoms with E-state index in [4.69, 9.17) is 4.74 Å². The second kappa shape index (κ2) is 6.77. The summed E-state index contributed by atoms with van der Waals surface area (Å²) in [7, 11) is 0. The third-order valence-electron chi connectivity index (χ3n) is 4.98. The first-order valence-corrected chi connectivity index (χ1v) is 8.89. The summed E-state index contributed by atoms with van der Waals surface area (Å²) in [6.45, 7) is 10.2. The maximum atomic E-state index is 11.9. The molecule has 0 aromatic rings. The van der Waals surface area contributed by atoms with Crippen LogP contribution in [0.15, 0.2) is 11.6 Å². The Balaban J connectivity index is 2.03. The summed E-state index contributed by atoms with van der Waals surface area (Å²) in [5.74, 6) is 0.614. The zero-order valence-corrected chi connectivity index (χ0v) is 15.5. The van der Waals surface area contributed by atoms with Crippen molar-refractivity contribution >= 4 is 12.1 Å². The summed E-state index contributed by atoms with van der Waals surface area (Å²) in [6.07, 6.45) is 4.92. The second-order valence-electron chi connectivity index (χ2n) is 8.91. The van der Waals surface area contributed by atoms with Crippen LogP contribution >= 0.6 is 0 Å². The highest BCUT2D eigenvalue weighted by molar-refractivity contribution is 5.70. The van der Waals surface area contributed by atoms with Gasteiger partial charge in [-0.3, -0.25) is 4.79 Å². The highest BCUT2D eigenvalue weighted by atomic mass is 16.6. The van der Waals surface area contributed by atoms with Crippen LogP contribution in [-0.2, 0) is 9.53 Å². The maximum absolute atomic E-state index is 11.9. The molecule has 0 radical (unpaired) electrons. The predicted octanol–water partition coefficient (Wildman–Crippen LogP) is 3.98. The number of carboxylic acid groups (broad SMARTS) is 1. The van der Waals surface area contributed by atoms with Crippen molar-refractivity contribution in [2.75, 3.05) is 6.54 Å². The predicted molar refractivity (Wildman–Crippen MR) is 92.7 cm³/mol. The van der Waals surface area contributed by atoms with Crippen LogP contribution in [0.3, 0.4) is 0 Å². The number of rotatable bonds is 6. The van der Waals surface area contributed by atoms with Crippen molar-refractivity contribution in [3.8, 4) is 0 Å². The fraction of sp³-hybridized carbons (Fsp3) is 0.789. The van der Waals surface area contributed by atoms with Crippen LogP contribution in [0.5, 0.6) is 0 Å². The third kappa shape index (κ3) is 4.52. The number of fused-ring (bicyclic) bond motifs is 1. The van der Waals surface area contributed by atoms with Crippen LogP contribution in [-0.4, -0.2) is 29.3 Å². The van der Waals surface area contributed by atoms with Crippen LogP contribution in [0.1, 0.15) is 60.3 Å². The smallest absolute Gasteiger partial charge is 0.407 e. The number of nitrogens with one attached hydrogen (secondary N) is 1. The first-order valence-electron chi connectivity index (χ1n) is 8.89. The largest absolute Gasteiger partial charge is 0.481 e. The highest BCUT2D eigenvalue weighted by Gasteiger charge is 2.55. The van der Waals surface area contributed by atoms with E-state index in [2.05, 4.69) is 25.2 Å². The van der Waals surface area contributed by atoms with E-state index in [1.54, 1.807) is 0 Å². The van der Waals surface area contributed by atoms with Gasteiger partial charge in [0, 0.05) is 12.0 Å². The lowest BCUT2D eigenvalue weighted by Crippen LogP contribution is -2.53. The Morgan fingerprint density at radius 2 is 2.08 bits per heavy atom. The van der Waals surface area contributed by atoms with E-state index in [1.165, 1.54) is 5.57 Å². The molecule has 2 aliphatic rings. The van der Waals surface area contributed by atoms with Gasteiger partial charge in [-0.15, -0.1) is 0 Å². The summed E-state index contributed by atoms with van der Waals surface area (Å²) in [5, 5.41) is 12.1. The molecule has 0 saturated heterocycles. The fourth-order valence-electron chi connectivity index (χ4n) is 4.28. The molecule has 2 aliphatic carbocycles. The number of amides is 1. The van der Waals surface area contributed by atoms with Gasteiger partial charge in [0.25, 0.3) is 0 Å². The number of alkyl carbamates (subject to hydrolysis) is 1. The normalized spacial score (nSPS) is 28.8. The van der Waals surface area contributed by atoms with Gasteiger partial charge in [-0.05, 0) is 57.8 Å². The van der Waals surface area contributed by atoms with Crippen LogP contribution in [0.4, 0.5) is 4.79 Å². The molecular formula is C19H31NO4. The molecular weight excluding hydrogens is 306 g/mol. The Morgan fingerprint density at radius 3 is 2.62 bits per heavy atom. The molecule has 24 heavy (non-hydrogen) atoms. The van der Waals surface area contributed by atoms with Gasteiger partial charge in [0.1, 0.15) is 5.60 Å². The Bertz CT molecular complexity index is 532. The monoisotopic (exact) mass is 337 g/mol. The first kappa shape index (κ1) is 18.8. The number of carboxylic acids is 1. The van der Waals surface area contributed by atoms with Gasteiger partial charge in [-0.1, -0.05) is 25.5 Å². The molecule has 2 N–H and O–H groups in total. The van der Waals surface area contributed by atoms with Gasteiger partial charge >= 0.3 is 12.1 Å². The number of carbonyl (C=O) groups excluding carboxylic acids is 1. The minimum atomic E-state index is -0.801. The van der Waals surface area contributed by atoms with Crippen molar-refractivity contribution < 1.29 is 19.4 Å². The van der Waals surface area contributed by atoms with Crippen molar-refractivity contribution in [1.82, 2.24) is 5.32 Å². The van der Waals surface area contributed by atoms with Crippen LogP contribution < -0.4 is 5.32 Å². The number of allylic oxidation sites excluding steroid dienone is 2. The molecule has 5 nitrogen and oxygen atoms in total. The van der Waals surface area contributed by atoms with Crippen molar-refractivity contribution in [3.63, 3.8) is 0 Å². The lowest BCUT2D eigenvalue weighted by Gasteiger charge is -2.51. The molecule has 1 amide bonds. The van der Waals surface area contributed by atoms with E-state index in [1.807, 2.05) is 20.8 Å². The van der Waals surface area contributed by atoms with E-state index < -0.39 is 17.7 Å². The zero-order chi connectivity index (χ0) is 18.1. The lowest BCUT2D eigenvalue weighted by atomic mass is 9.53. The average Bonchev–Trinajstić information content (AvgIpc) is 2.69. The molecule has 136 valence electrons. The number of ether oxygens (including phenoxy) is 1. The topological polar surface area (TPSA) is 75.6 Å². The number of aliphatic carboxylic acids is 1. The molecule has 5 heteroatoms. The summed E-state index contributed by atoms with van der Waals surface area (Å²) in [4.78, 5) is 23.3. The minimum absolute atomic E-state index is 0.0927. The molecule has 0 bridgehead atoms.